The average Bonchev–Trinajstić information content (AvgIpc) is 3.14. The molecule has 4 heteroatoms. The van der Waals surface area contributed by atoms with Crippen molar-refractivity contribution < 1.29 is 4.79 Å². The van der Waals surface area contributed by atoms with Gasteiger partial charge in [-0.3, -0.25) is 14.8 Å². The molecular weight excluding hydrogens is 322 g/mol. The maximum absolute atomic E-state index is 12.1. The number of fused-ring (bicyclic) bond motifs is 2. The van der Waals surface area contributed by atoms with Crippen LogP contribution in [0.15, 0.2) is 60.9 Å². The molecule has 1 N–H and O–H groups in total. The summed E-state index contributed by atoms with van der Waals surface area (Å²) in [5, 5.41) is 1.10. The highest BCUT2D eigenvalue weighted by molar-refractivity contribution is 5.99. The van der Waals surface area contributed by atoms with Crippen LogP contribution in [0.5, 0.6) is 0 Å². The molecule has 0 radical (unpaired) electrons. The Morgan fingerprint density at radius 1 is 0.923 bits per heavy atom. The van der Waals surface area contributed by atoms with E-state index in [4.69, 9.17) is 0 Å². The van der Waals surface area contributed by atoms with Crippen molar-refractivity contribution >= 4 is 16.7 Å². The second kappa shape index (κ2) is 5.92. The van der Waals surface area contributed by atoms with Crippen LogP contribution in [-0.2, 0) is 6.42 Å². The molecule has 0 saturated heterocycles. The van der Waals surface area contributed by atoms with Gasteiger partial charge in [0.1, 0.15) is 0 Å². The minimum Gasteiger partial charge on any atom is -0.358 e. The number of carbonyl (C=O) groups is 1. The van der Waals surface area contributed by atoms with Crippen molar-refractivity contribution in [2.75, 3.05) is 0 Å². The van der Waals surface area contributed by atoms with Gasteiger partial charge in [-0.25, -0.2) is 0 Å². The predicted octanol–water partition coefficient (Wildman–Crippen LogP) is 4.81. The van der Waals surface area contributed by atoms with Crippen molar-refractivity contribution in [3.05, 3.63) is 72.2 Å². The number of aryl methyl sites for hydroxylation is 1. The Hall–Kier alpha value is -3.27. The first-order valence-electron chi connectivity index (χ1n) is 8.84. The quantitative estimate of drug-likeness (QED) is 0.570. The number of H-pyrrole nitrogens is 1. The van der Waals surface area contributed by atoms with Gasteiger partial charge in [0.2, 0.25) is 0 Å². The van der Waals surface area contributed by atoms with Gasteiger partial charge in [0.15, 0.2) is 5.78 Å². The van der Waals surface area contributed by atoms with Gasteiger partial charge in [-0.2, -0.15) is 0 Å². The molecule has 4 aromatic rings. The maximum atomic E-state index is 12.1. The molecule has 0 spiro atoms. The van der Waals surface area contributed by atoms with Crippen molar-refractivity contribution in [1.29, 1.82) is 0 Å². The number of pyridine rings is 2. The third-order valence-corrected chi connectivity index (χ3v) is 4.99. The number of hydrogen-bond donors (Lipinski definition) is 1. The molecule has 0 amide bonds. The van der Waals surface area contributed by atoms with Gasteiger partial charge in [0.25, 0.3) is 0 Å². The third kappa shape index (κ3) is 2.51. The van der Waals surface area contributed by atoms with E-state index >= 15 is 0 Å². The number of Topliss-reactive ketones (excluding diaryl/α,β-unsaturated/α-hetero) is 1. The summed E-state index contributed by atoms with van der Waals surface area (Å²) in [5.74, 6) is 0.238. The Bertz CT molecular complexity index is 1140. The van der Waals surface area contributed by atoms with Crippen LogP contribution in [0.2, 0.25) is 0 Å². The summed E-state index contributed by atoms with van der Waals surface area (Å²) in [6.45, 7) is 0. The van der Waals surface area contributed by atoms with E-state index in [9.17, 15) is 4.79 Å². The monoisotopic (exact) mass is 339 g/mol. The zero-order valence-corrected chi connectivity index (χ0v) is 14.2. The number of benzene rings is 1. The number of hydrogen-bond acceptors (Lipinski definition) is 3. The lowest BCUT2D eigenvalue weighted by molar-refractivity contribution is 0.0972. The summed E-state index contributed by atoms with van der Waals surface area (Å²) in [6.07, 6.45) is 6.18. The second-order valence-corrected chi connectivity index (χ2v) is 6.70. The fraction of sp³-hybridized carbons (Fsp3) is 0.136. The number of aromatic amines is 1. The Morgan fingerprint density at radius 2 is 1.85 bits per heavy atom. The highest BCUT2D eigenvalue weighted by Gasteiger charge is 2.20. The fourth-order valence-electron chi connectivity index (χ4n) is 3.63. The van der Waals surface area contributed by atoms with Crippen LogP contribution in [0, 0.1) is 0 Å². The Morgan fingerprint density at radius 3 is 2.77 bits per heavy atom. The smallest absolute Gasteiger partial charge is 0.164 e. The van der Waals surface area contributed by atoms with E-state index in [0.29, 0.717) is 6.42 Å². The molecule has 3 heterocycles. The molecule has 26 heavy (non-hydrogen) atoms. The van der Waals surface area contributed by atoms with Crippen molar-refractivity contribution in [2.45, 2.75) is 19.3 Å². The number of aromatic nitrogens is 3. The molecule has 0 aliphatic heterocycles. The van der Waals surface area contributed by atoms with Crippen LogP contribution in [0.3, 0.4) is 0 Å². The highest BCUT2D eigenvalue weighted by atomic mass is 16.1. The molecule has 4 nitrogen and oxygen atoms in total. The van der Waals surface area contributed by atoms with Crippen LogP contribution in [-0.4, -0.2) is 20.7 Å². The Kier molecular flexibility index (Phi) is 3.42. The van der Waals surface area contributed by atoms with E-state index in [0.717, 1.165) is 57.5 Å². The lowest BCUT2D eigenvalue weighted by atomic mass is 9.96. The van der Waals surface area contributed by atoms with Gasteiger partial charge in [-0.1, -0.05) is 18.2 Å². The number of nitrogens with one attached hydrogen (secondary N) is 1. The molecule has 0 saturated carbocycles. The molecule has 126 valence electrons. The summed E-state index contributed by atoms with van der Waals surface area (Å²) in [4.78, 5) is 24.6. The van der Waals surface area contributed by atoms with Gasteiger partial charge in [0.05, 0.1) is 11.2 Å². The van der Waals surface area contributed by atoms with Crippen molar-refractivity contribution in [3.63, 3.8) is 0 Å². The van der Waals surface area contributed by atoms with Crippen molar-refractivity contribution in [3.8, 4) is 22.5 Å². The lowest BCUT2D eigenvalue weighted by Crippen LogP contribution is -2.08. The number of ketones is 1. The Balaban J connectivity index is 1.57. The zero-order chi connectivity index (χ0) is 17.5. The predicted molar refractivity (Wildman–Crippen MR) is 102 cm³/mol. The summed E-state index contributed by atoms with van der Waals surface area (Å²) >= 11 is 0. The molecule has 1 aromatic carbocycles. The van der Waals surface area contributed by atoms with E-state index in [1.54, 1.807) is 0 Å². The molecule has 0 unspecified atom stereocenters. The first kappa shape index (κ1) is 15.0. The molecule has 5 rings (SSSR count). The molecular formula is C22H17N3O. The first-order chi connectivity index (χ1) is 12.8. The number of para-hydroxylation sites is 1. The topological polar surface area (TPSA) is 58.6 Å². The largest absolute Gasteiger partial charge is 0.358 e. The summed E-state index contributed by atoms with van der Waals surface area (Å²) in [7, 11) is 0. The van der Waals surface area contributed by atoms with Crippen LogP contribution in [0.4, 0.5) is 0 Å². The summed E-state index contributed by atoms with van der Waals surface area (Å²) < 4.78 is 0. The SMILES string of the molecule is O=C1CCCc2[nH]c(-c3ccnc(-c4cnc5ccccc5c4)c3)cc21. The van der Waals surface area contributed by atoms with E-state index < -0.39 is 0 Å². The minimum atomic E-state index is 0.238. The zero-order valence-electron chi connectivity index (χ0n) is 14.2. The lowest BCUT2D eigenvalue weighted by Gasteiger charge is -2.08. The summed E-state index contributed by atoms with van der Waals surface area (Å²) in [5.41, 5.74) is 6.74. The molecule has 1 aliphatic carbocycles. The van der Waals surface area contributed by atoms with Crippen LogP contribution in [0.25, 0.3) is 33.4 Å². The van der Waals surface area contributed by atoms with E-state index in [1.165, 1.54) is 0 Å². The molecule has 0 fully saturated rings. The molecule has 3 aromatic heterocycles. The van der Waals surface area contributed by atoms with Crippen molar-refractivity contribution in [2.24, 2.45) is 0 Å². The first-order valence-corrected chi connectivity index (χ1v) is 8.84. The van der Waals surface area contributed by atoms with Crippen LogP contribution >= 0.6 is 0 Å². The third-order valence-electron chi connectivity index (χ3n) is 4.99. The highest BCUT2D eigenvalue weighted by Crippen LogP contribution is 2.29. The molecule has 0 bridgehead atoms. The van der Waals surface area contributed by atoms with Gasteiger partial charge in [-0.05, 0) is 43.2 Å². The number of carbonyl (C=O) groups excluding carboxylic acids is 1. The molecule has 0 atom stereocenters. The van der Waals surface area contributed by atoms with Gasteiger partial charge in [0, 0.05) is 52.3 Å². The summed E-state index contributed by atoms with van der Waals surface area (Å²) in [6, 6.07) is 16.2. The van der Waals surface area contributed by atoms with Crippen LogP contribution in [0.1, 0.15) is 28.9 Å². The molecule has 1 aliphatic rings. The maximum Gasteiger partial charge on any atom is 0.164 e. The Labute approximate surface area is 150 Å². The minimum absolute atomic E-state index is 0.238. The number of nitrogens with zero attached hydrogens (tertiary/aromatic N) is 2. The van der Waals surface area contributed by atoms with Gasteiger partial charge in [-0.15, -0.1) is 0 Å². The van der Waals surface area contributed by atoms with Crippen LogP contribution < -0.4 is 0 Å². The van der Waals surface area contributed by atoms with E-state index in [-0.39, 0.29) is 5.78 Å². The second-order valence-electron chi connectivity index (χ2n) is 6.70. The normalized spacial score (nSPS) is 13.8. The van der Waals surface area contributed by atoms with Gasteiger partial charge >= 0.3 is 0 Å². The van der Waals surface area contributed by atoms with Gasteiger partial charge < -0.3 is 4.98 Å². The van der Waals surface area contributed by atoms with E-state index in [1.807, 2.05) is 48.8 Å². The standard InChI is InChI=1S/C22H17N3O/c26-22-7-3-6-19-17(22)12-21(25-19)15-8-9-23-20(11-15)16-10-14-4-1-2-5-18(14)24-13-16/h1-2,4-5,8-13,25H,3,6-7H2. The number of rotatable bonds is 2. The fourth-order valence-corrected chi connectivity index (χ4v) is 3.63. The van der Waals surface area contributed by atoms with Crippen molar-refractivity contribution in [1.82, 2.24) is 15.0 Å². The average molecular weight is 339 g/mol. The van der Waals surface area contributed by atoms with E-state index in [2.05, 4.69) is 27.1 Å².